The molecular weight excluding hydrogens is 304 g/mol. The van der Waals surface area contributed by atoms with E-state index in [4.69, 9.17) is 4.74 Å². The molecule has 1 heterocycles. The molecule has 0 aliphatic carbocycles. The van der Waals surface area contributed by atoms with Gasteiger partial charge in [0.25, 0.3) is 0 Å². The Kier molecular flexibility index (Phi) is 5.82. The number of ether oxygens (including phenoxy) is 1. The fraction of sp³-hybridized carbons (Fsp3) is 0.600. The highest BCUT2D eigenvalue weighted by Gasteiger charge is 2.20. The molecule has 0 radical (unpaired) electrons. The highest BCUT2D eigenvalue weighted by molar-refractivity contribution is 9.10. The predicted octanol–water partition coefficient (Wildman–Crippen LogP) is 2.82. The summed E-state index contributed by atoms with van der Waals surface area (Å²) >= 11 is 3.60. The zero-order valence-electron chi connectivity index (χ0n) is 11.7. The van der Waals surface area contributed by atoms with Gasteiger partial charge in [-0.2, -0.15) is 0 Å². The van der Waals surface area contributed by atoms with Crippen molar-refractivity contribution >= 4 is 15.9 Å². The zero-order chi connectivity index (χ0) is 13.7. The third-order valence-electron chi connectivity index (χ3n) is 3.69. The summed E-state index contributed by atoms with van der Waals surface area (Å²) in [6, 6.07) is 8.69. The molecule has 2 atom stereocenters. The van der Waals surface area contributed by atoms with Crippen LogP contribution in [0.5, 0.6) is 0 Å². The van der Waals surface area contributed by atoms with Gasteiger partial charge in [0.1, 0.15) is 0 Å². The minimum atomic E-state index is 0.304. The van der Waals surface area contributed by atoms with E-state index in [0.29, 0.717) is 12.1 Å². The van der Waals surface area contributed by atoms with Gasteiger partial charge in [-0.3, -0.25) is 4.90 Å². The van der Waals surface area contributed by atoms with Crippen molar-refractivity contribution in [3.05, 3.63) is 34.3 Å². The first-order valence-corrected chi connectivity index (χ1v) is 7.81. The van der Waals surface area contributed by atoms with Crippen LogP contribution in [0.1, 0.15) is 25.5 Å². The molecular formula is C15H23BrN2O. The van der Waals surface area contributed by atoms with Gasteiger partial charge in [-0.05, 0) is 25.1 Å². The van der Waals surface area contributed by atoms with Gasteiger partial charge in [-0.1, -0.05) is 41.1 Å². The van der Waals surface area contributed by atoms with Gasteiger partial charge >= 0.3 is 0 Å². The Morgan fingerprint density at radius 2 is 2.26 bits per heavy atom. The molecule has 106 valence electrons. The van der Waals surface area contributed by atoms with Crippen LogP contribution in [0.4, 0.5) is 0 Å². The van der Waals surface area contributed by atoms with Gasteiger partial charge in [0.15, 0.2) is 0 Å². The van der Waals surface area contributed by atoms with E-state index in [9.17, 15) is 0 Å². The maximum Gasteiger partial charge on any atom is 0.0826 e. The Morgan fingerprint density at radius 3 is 3.00 bits per heavy atom. The minimum Gasteiger partial charge on any atom is -0.374 e. The van der Waals surface area contributed by atoms with E-state index in [1.165, 1.54) is 5.56 Å². The molecule has 1 aromatic rings. The van der Waals surface area contributed by atoms with Crippen LogP contribution in [0.2, 0.25) is 0 Å². The first kappa shape index (κ1) is 15.0. The van der Waals surface area contributed by atoms with Crippen LogP contribution in [-0.4, -0.2) is 43.8 Å². The number of likely N-dealkylation sites (N-methyl/N-ethyl adjacent to an activating group) is 1. The lowest BCUT2D eigenvalue weighted by Gasteiger charge is -2.33. The van der Waals surface area contributed by atoms with Crippen LogP contribution in [0, 0.1) is 0 Å². The minimum absolute atomic E-state index is 0.304. The Balaban J connectivity index is 1.83. The van der Waals surface area contributed by atoms with Gasteiger partial charge < -0.3 is 10.1 Å². The second kappa shape index (κ2) is 7.39. The number of nitrogens with zero attached hydrogens (tertiary/aromatic N) is 1. The number of halogens is 1. The van der Waals surface area contributed by atoms with Crippen molar-refractivity contribution in [2.45, 2.75) is 26.0 Å². The highest BCUT2D eigenvalue weighted by Crippen LogP contribution is 2.22. The molecule has 3 nitrogen and oxygen atoms in total. The largest absolute Gasteiger partial charge is 0.374 e. The molecule has 1 aliphatic heterocycles. The molecule has 1 aromatic carbocycles. The monoisotopic (exact) mass is 326 g/mol. The van der Waals surface area contributed by atoms with Crippen molar-refractivity contribution in [3.8, 4) is 0 Å². The Morgan fingerprint density at radius 1 is 1.47 bits per heavy atom. The SMILES string of the molecule is CCN1CCOC(CN[C@@H](C)c2ccccc2Br)C1. The molecule has 0 amide bonds. The molecule has 2 rings (SSSR count). The van der Waals surface area contributed by atoms with Gasteiger partial charge in [0.05, 0.1) is 12.7 Å². The Bertz CT molecular complexity index is 399. The molecule has 1 unspecified atom stereocenters. The fourth-order valence-corrected chi connectivity index (χ4v) is 3.06. The summed E-state index contributed by atoms with van der Waals surface area (Å²) < 4.78 is 6.97. The summed E-state index contributed by atoms with van der Waals surface area (Å²) in [5, 5.41) is 3.57. The Hall–Kier alpha value is -0.420. The van der Waals surface area contributed by atoms with Gasteiger partial charge in [0, 0.05) is 30.1 Å². The van der Waals surface area contributed by atoms with Crippen LogP contribution in [0.3, 0.4) is 0 Å². The number of rotatable bonds is 5. The van der Waals surface area contributed by atoms with E-state index in [0.717, 1.165) is 37.3 Å². The molecule has 1 fully saturated rings. The van der Waals surface area contributed by atoms with E-state index in [1.54, 1.807) is 0 Å². The number of morpholine rings is 1. The average Bonchev–Trinajstić information content (AvgIpc) is 2.45. The van der Waals surface area contributed by atoms with Gasteiger partial charge in [-0.15, -0.1) is 0 Å². The lowest BCUT2D eigenvalue weighted by atomic mass is 10.1. The topological polar surface area (TPSA) is 24.5 Å². The number of benzene rings is 1. The molecule has 19 heavy (non-hydrogen) atoms. The fourth-order valence-electron chi connectivity index (χ4n) is 2.44. The zero-order valence-corrected chi connectivity index (χ0v) is 13.3. The van der Waals surface area contributed by atoms with Crippen molar-refractivity contribution in [1.29, 1.82) is 0 Å². The molecule has 4 heteroatoms. The smallest absolute Gasteiger partial charge is 0.0826 e. The molecule has 1 N–H and O–H groups in total. The molecule has 0 bridgehead atoms. The van der Waals surface area contributed by atoms with Crippen LogP contribution in [0.25, 0.3) is 0 Å². The quantitative estimate of drug-likeness (QED) is 0.900. The summed E-state index contributed by atoms with van der Waals surface area (Å²) in [6.07, 6.45) is 0.304. The number of hydrogen-bond acceptors (Lipinski definition) is 3. The summed E-state index contributed by atoms with van der Waals surface area (Å²) in [4.78, 5) is 2.44. The molecule has 0 saturated carbocycles. The lowest BCUT2D eigenvalue weighted by Crippen LogP contribution is -2.46. The first-order valence-electron chi connectivity index (χ1n) is 7.02. The van der Waals surface area contributed by atoms with Crippen LogP contribution < -0.4 is 5.32 Å². The van der Waals surface area contributed by atoms with E-state index in [2.05, 4.69) is 58.2 Å². The summed E-state index contributed by atoms with van der Waals surface area (Å²) in [6.45, 7) is 9.36. The molecule has 1 aliphatic rings. The van der Waals surface area contributed by atoms with E-state index in [1.807, 2.05) is 6.07 Å². The summed E-state index contributed by atoms with van der Waals surface area (Å²) in [5.74, 6) is 0. The van der Waals surface area contributed by atoms with E-state index < -0.39 is 0 Å². The second-order valence-electron chi connectivity index (χ2n) is 5.04. The number of hydrogen-bond donors (Lipinski definition) is 1. The standard InChI is InChI=1S/C15H23BrN2O/c1-3-18-8-9-19-13(11-18)10-17-12(2)14-6-4-5-7-15(14)16/h4-7,12-13,17H,3,8-11H2,1-2H3/t12-,13?/m0/s1. The maximum atomic E-state index is 5.81. The van der Waals surface area contributed by atoms with Crippen LogP contribution in [0.15, 0.2) is 28.7 Å². The Labute approximate surface area is 124 Å². The van der Waals surface area contributed by atoms with Gasteiger partial charge in [-0.25, -0.2) is 0 Å². The van der Waals surface area contributed by atoms with Crippen molar-refractivity contribution in [2.24, 2.45) is 0 Å². The molecule has 0 spiro atoms. The van der Waals surface area contributed by atoms with Crippen molar-refractivity contribution < 1.29 is 4.74 Å². The number of nitrogens with one attached hydrogen (secondary N) is 1. The normalized spacial score (nSPS) is 22.4. The second-order valence-corrected chi connectivity index (χ2v) is 5.89. The highest BCUT2D eigenvalue weighted by atomic mass is 79.9. The van der Waals surface area contributed by atoms with E-state index in [-0.39, 0.29) is 0 Å². The van der Waals surface area contributed by atoms with Crippen LogP contribution >= 0.6 is 15.9 Å². The molecule has 0 aromatic heterocycles. The van der Waals surface area contributed by atoms with Crippen molar-refractivity contribution in [2.75, 3.05) is 32.8 Å². The lowest BCUT2D eigenvalue weighted by molar-refractivity contribution is -0.0262. The predicted molar refractivity (Wildman–Crippen MR) is 82.4 cm³/mol. The maximum absolute atomic E-state index is 5.81. The van der Waals surface area contributed by atoms with Crippen molar-refractivity contribution in [3.63, 3.8) is 0 Å². The molecule has 1 saturated heterocycles. The first-order chi connectivity index (χ1) is 9.20. The summed E-state index contributed by atoms with van der Waals surface area (Å²) in [5.41, 5.74) is 1.30. The third-order valence-corrected chi connectivity index (χ3v) is 4.42. The van der Waals surface area contributed by atoms with Crippen LogP contribution in [-0.2, 0) is 4.74 Å². The average molecular weight is 327 g/mol. The third kappa shape index (κ3) is 4.28. The summed E-state index contributed by atoms with van der Waals surface area (Å²) in [7, 11) is 0. The van der Waals surface area contributed by atoms with Gasteiger partial charge in [0.2, 0.25) is 0 Å². The van der Waals surface area contributed by atoms with Crippen molar-refractivity contribution in [1.82, 2.24) is 10.2 Å². The van der Waals surface area contributed by atoms with E-state index >= 15 is 0 Å².